The largest absolute Gasteiger partial charge is 0.368 e. The predicted octanol–water partition coefficient (Wildman–Crippen LogP) is 0.666. The third-order valence-electron chi connectivity index (χ3n) is 3.02. The van der Waals surface area contributed by atoms with Crippen LogP contribution in [0.1, 0.15) is 19.8 Å². The molecule has 0 radical (unpaired) electrons. The lowest BCUT2D eigenvalue weighted by molar-refractivity contribution is 0.269. The molecule has 0 aromatic carbocycles. The van der Waals surface area contributed by atoms with E-state index in [1.165, 1.54) is 38.3 Å². The van der Waals surface area contributed by atoms with Crippen molar-refractivity contribution in [2.24, 2.45) is 0 Å². The molecule has 1 atom stereocenters. The molecule has 2 rings (SSSR count). The Morgan fingerprint density at radius 3 is 3.00 bits per heavy atom. The first-order valence-electron chi connectivity index (χ1n) is 5.78. The van der Waals surface area contributed by atoms with Gasteiger partial charge in [0.2, 0.25) is 0 Å². The molecule has 88 valence electrons. The van der Waals surface area contributed by atoms with Crippen LogP contribution in [0.4, 0.5) is 5.82 Å². The molecule has 0 bridgehead atoms. The van der Waals surface area contributed by atoms with Gasteiger partial charge in [0.15, 0.2) is 0 Å². The topological polar surface area (TPSA) is 61.0 Å². The summed E-state index contributed by atoms with van der Waals surface area (Å²) < 4.78 is 0. The lowest BCUT2D eigenvalue weighted by Gasteiger charge is -2.23. The van der Waals surface area contributed by atoms with Gasteiger partial charge in [-0.25, -0.2) is 4.98 Å². The summed E-state index contributed by atoms with van der Waals surface area (Å²) in [5, 5.41) is 3.19. The molecule has 0 amide bonds. The van der Waals surface area contributed by atoms with Crippen molar-refractivity contribution in [1.29, 1.82) is 0 Å². The zero-order valence-corrected chi connectivity index (χ0v) is 9.57. The van der Waals surface area contributed by atoms with Crippen LogP contribution in [0.15, 0.2) is 17.2 Å². The molecule has 1 aliphatic rings. The molecule has 0 aliphatic carbocycles. The Kier molecular flexibility index (Phi) is 3.56. The van der Waals surface area contributed by atoms with Gasteiger partial charge in [-0.1, -0.05) is 0 Å². The van der Waals surface area contributed by atoms with E-state index in [0.717, 1.165) is 6.54 Å². The summed E-state index contributed by atoms with van der Waals surface area (Å²) in [5.41, 5.74) is -0.119. The van der Waals surface area contributed by atoms with Gasteiger partial charge >= 0.3 is 0 Å². The average molecular weight is 222 g/mol. The minimum Gasteiger partial charge on any atom is -0.368 e. The van der Waals surface area contributed by atoms with Crippen LogP contribution in [0.5, 0.6) is 0 Å². The minimum atomic E-state index is -0.119. The van der Waals surface area contributed by atoms with Crippen LogP contribution in [-0.4, -0.2) is 40.5 Å². The molecule has 1 saturated heterocycles. The van der Waals surface area contributed by atoms with Crippen LogP contribution in [0.2, 0.25) is 0 Å². The maximum atomic E-state index is 11.0. The highest BCUT2D eigenvalue weighted by Gasteiger charge is 2.17. The van der Waals surface area contributed by atoms with E-state index in [1.807, 2.05) is 0 Å². The van der Waals surface area contributed by atoms with Gasteiger partial charge in [0, 0.05) is 18.7 Å². The van der Waals surface area contributed by atoms with E-state index in [2.05, 4.69) is 27.1 Å². The lowest BCUT2D eigenvalue weighted by Crippen LogP contribution is -2.35. The number of aromatic nitrogens is 2. The third-order valence-corrected chi connectivity index (χ3v) is 3.02. The smallest absolute Gasteiger partial charge is 0.252 e. The van der Waals surface area contributed by atoms with E-state index in [9.17, 15) is 4.79 Å². The number of rotatable bonds is 4. The maximum absolute atomic E-state index is 11.0. The molecule has 1 fully saturated rings. The summed E-state index contributed by atoms with van der Waals surface area (Å²) in [6, 6.07) is 1.97. The third kappa shape index (κ3) is 2.82. The standard InChI is InChI=1S/C11H18N4O/c1-9(15-4-2-3-5-15)7-12-10-6-11(16)14-8-13-10/h6,8-9H,2-5,7H2,1H3,(H2,12,13,14,16). The van der Waals surface area contributed by atoms with Crippen LogP contribution in [0.3, 0.4) is 0 Å². The normalized spacial score (nSPS) is 18.6. The number of nitrogens with one attached hydrogen (secondary N) is 2. The van der Waals surface area contributed by atoms with Crippen molar-refractivity contribution in [3.8, 4) is 0 Å². The molecule has 1 unspecified atom stereocenters. The van der Waals surface area contributed by atoms with Gasteiger partial charge in [-0.3, -0.25) is 9.69 Å². The highest BCUT2D eigenvalue weighted by Crippen LogP contribution is 2.11. The average Bonchev–Trinajstić information content (AvgIpc) is 2.79. The molecule has 1 aromatic rings. The Bertz CT molecular complexity index is 384. The van der Waals surface area contributed by atoms with Crippen molar-refractivity contribution < 1.29 is 0 Å². The van der Waals surface area contributed by atoms with Gasteiger partial charge < -0.3 is 10.3 Å². The molecular formula is C11H18N4O. The molecule has 1 aromatic heterocycles. The molecule has 2 N–H and O–H groups in total. The Balaban J connectivity index is 1.84. The van der Waals surface area contributed by atoms with Crippen LogP contribution < -0.4 is 10.9 Å². The monoisotopic (exact) mass is 222 g/mol. The molecule has 16 heavy (non-hydrogen) atoms. The van der Waals surface area contributed by atoms with Crippen LogP contribution in [0.25, 0.3) is 0 Å². The number of anilines is 1. The first-order valence-corrected chi connectivity index (χ1v) is 5.78. The number of hydrogen-bond donors (Lipinski definition) is 2. The Morgan fingerprint density at radius 1 is 1.56 bits per heavy atom. The molecule has 1 aliphatic heterocycles. The molecule has 5 nitrogen and oxygen atoms in total. The predicted molar refractivity (Wildman–Crippen MR) is 63.6 cm³/mol. The van der Waals surface area contributed by atoms with Crippen LogP contribution in [0, 0.1) is 0 Å². The fourth-order valence-corrected chi connectivity index (χ4v) is 2.03. The van der Waals surface area contributed by atoms with E-state index in [1.54, 1.807) is 0 Å². The summed E-state index contributed by atoms with van der Waals surface area (Å²) in [6.45, 7) is 5.40. The second kappa shape index (κ2) is 5.12. The fourth-order valence-electron chi connectivity index (χ4n) is 2.03. The number of nitrogens with zero attached hydrogens (tertiary/aromatic N) is 2. The van der Waals surface area contributed by atoms with Gasteiger partial charge in [-0.15, -0.1) is 0 Å². The highest BCUT2D eigenvalue weighted by atomic mass is 16.1. The molecule has 5 heteroatoms. The Hall–Kier alpha value is -1.36. The van der Waals surface area contributed by atoms with Crippen molar-refractivity contribution in [3.63, 3.8) is 0 Å². The maximum Gasteiger partial charge on any atom is 0.252 e. The zero-order chi connectivity index (χ0) is 11.4. The van der Waals surface area contributed by atoms with Gasteiger partial charge in [-0.05, 0) is 32.9 Å². The second-order valence-corrected chi connectivity index (χ2v) is 4.27. The molecular weight excluding hydrogens is 204 g/mol. The van der Waals surface area contributed by atoms with Crippen molar-refractivity contribution in [1.82, 2.24) is 14.9 Å². The second-order valence-electron chi connectivity index (χ2n) is 4.27. The zero-order valence-electron chi connectivity index (χ0n) is 9.57. The van der Waals surface area contributed by atoms with Crippen molar-refractivity contribution in [3.05, 3.63) is 22.7 Å². The summed E-state index contributed by atoms with van der Waals surface area (Å²) in [4.78, 5) is 20.1. The minimum absolute atomic E-state index is 0.119. The highest BCUT2D eigenvalue weighted by molar-refractivity contribution is 5.31. The SMILES string of the molecule is CC(CNc1cc(=O)[nH]cn1)N1CCCC1. The summed E-state index contributed by atoms with van der Waals surface area (Å²) in [5.74, 6) is 0.648. The van der Waals surface area contributed by atoms with E-state index < -0.39 is 0 Å². The fraction of sp³-hybridized carbons (Fsp3) is 0.636. The van der Waals surface area contributed by atoms with E-state index >= 15 is 0 Å². The van der Waals surface area contributed by atoms with Gasteiger partial charge in [-0.2, -0.15) is 0 Å². The number of aromatic amines is 1. The lowest BCUT2D eigenvalue weighted by atomic mass is 10.3. The van der Waals surface area contributed by atoms with Crippen molar-refractivity contribution in [2.45, 2.75) is 25.8 Å². The van der Waals surface area contributed by atoms with Crippen LogP contribution in [-0.2, 0) is 0 Å². The van der Waals surface area contributed by atoms with E-state index in [0.29, 0.717) is 11.9 Å². The quantitative estimate of drug-likeness (QED) is 0.786. The van der Waals surface area contributed by atoms with Crippen molar-refractivity contribution >= 4 is 5.82 Å². The summed E-state index contributed by atoms with van der Waals surface area (Å²) >= 11 is 0. The van der Waals surface area contributed by atoms with Crippen molar-refractivity contribution in [2.75, 3.05) is 25.0 Å². The van der Waals surface area contributed by atoms with E-state index in [-0.39, 0.29) is 5.56 Å². The molecule has 2 heterocycles. The van der Waals surface area contributed by atoms with Gasteiger partial charge in [0.1, 0.15) is 5.82 Å². The number of hydrogen-bond acceptors (Lipinski definition) is 4. The van der Waals surface area contributed by atoms with Gasteiger partial charge in [0.25, 0.3) is 5.56 Å². The molecule has 0 saturated carbocycles. The summed E-state index contributed by atoms with van der Waals surface area (Å²) in [7, 11) is 0. The Labute approximate surface area is 94.9 Å². The van der Waals surface area contributed by atoms with E-state index in [4.69, 9.17) is 0 Å². The van der Waals surface area contributed by atoms with Crippen LogP contribution >= 0.6 is 0 Å². The number of H-pyrrole nitrogens is 1. The number of likely N-dealkylation sites (tertiary alicyclic amines) is 1. The summed E-state index contributed by atoms with van der Waals surface area (Å²) in [6.07, 6.45) is 4.02. The first-order chi connectivity index (χ1) is 7.75. The Morgan fingerprint density at radius 2 is 2.31 bits per heavy atom. The molecule has 0 spiro atoms. The first kappa shape index (κ1) is 11.1. The van der Waals surface area contributed by atoms with Gasteiger partial charge in [0.05, 0.1) is 6.33 Å².